The van der Waals surface area contributed by atoms with Crippen LogP contribution in [0.25, 0.3) is 0 Å². The van der Waals surface area contributed by atoms with Gasteiger partial charge in [0.1, 0.15) is 11.9 Å². The molecular formula is C16H18FN5O2. The van der Waals surface area contributed by atoms with Crippen molar-refractivity contribution in [2.24, 2.45) is 7.05 Å². The highest BCUT2D eigenvalue weighted by Crippen LogP contribution is 2.21. The van der Waals surface area contributed by atoms with Crippen LogP contribution in [0.4, 0.5) is 10.2 Å². The molecule has 2 amide bonds. The number of hydrogen-bond acceptors (Lipinski definition) is 4. The Kier molecular flexibility index (Phi) is 4.28. The fourth-order valence-electron chi connectivity index (χ4n) is 2.84. The molecule has 1 aliphatic heterocycles. The Morgan fingerprint density at radius 1 is 1.42 bits per heavy atom. The monoisotopic (exact) mass is 331 g/mol. The number of amides is 2. The first-order valence-corrected chi connectivity index (χ1v) is 7.70. The maximum absolute atomic E-state index is 12.8. The molecule has 2 aromatic rings. The summed E-state index contributed by atoms with van der Waals surface area (Å²) in [4.78, 5) is 30.0. The average Bonchev–Trinajstić information content (AvgIpc) is 2.88. The van der Waals surface area contributed by atoms with Gasteiger partial charge in [0.15, 0.2) is 0 Å². The van der Waals surface area contributed by atoms with Crippen molar-refractivity contribution >= 4 is 17.6 Å². The molecular weight excluding hydrogens is 313 g/mol. The van der Waals surface area contributed by atoms with Crippen LogP contribution in [0.5, 0.6) is 0 Å². The molecule has 0 aromatic carbocycles. The summed E-state index contributed by atoms with van der Waals surface area (Å²) >= 11 is 0. The number of carbonyl (C=O) groups excluding carboxylic acids is 2. The number of piperidine rings is 1. The lowest BCUT2D eigenvalue weighted by atomic mass is 10.0. The van der Waals surface area contributed by atoms with E-state index in [1.807, 2.05) is 13.0 Å². The third kappa shape index (κ3) is 3.12. The Hall–Kier alpha value is -2.77. The van der Waals surface area contributed by atoms with Crippen LogP contribution in [0.15, 0.2) is 24.4 Å². The van der Waals surface area contributed by atoms with Crippen LogP contribution < -0.4 is 10.2 Å². The zero-order chi connectivity index (χ0) is 17.3. The second kappa shape index (κ2) is 6.38. The summed E-state index contributed by atoms with van der Waals surface area (Å²) in [5.74, 6) is -0.561. The maximum atomic E-state index is 12.8. The Bertz CT molecular complexity index is 771. The molecule has 0 bridgehead atoms. The molecule has 3 rings (SSSR count). The molecule has 8 heteroatoms. The molecule has 0 radical (unpaired) electrons. The van der Waals surface area contributed by atoms with E-state index < -0.39 is 17.9 Å². The highest BCUT2D eigenvalue weighted by Gasteiger charge is 2.32. The van der Waals surface area contributed by atoms with E-state index in [2.05, 4.69) is 15.4 Å². The number of hydrogen-bond donors (Lipinski definition) is 1. The second-order valence-corrected chi connectivity index (χ2v) is 5.80. The van der Waals surface area contributed by atoms with Crippen LogP contribution in [0.1, 0.15) is 28.9 Å². The number of rotatable bonds is 3. The fourth-order valence-corrected chi connectivity index (χ4v) is 2.84. The van der Waals surface area contributed by atoms with Gasteiger partial charge in [-0.15, -0.1) is 0 Å². The van der Waals surface area contributed by atoms with Gasteiger partial charge in [-0.2, -0.15) is 9.49 Å². The van der Waals surface area contributed by atoms with Gasteiger partial charge in [0, 0.05) is 25.9 Å². The smallest absolute Gasteiger partial charge is 0.253 e. The highest BCUT2D eigenvalue weighted by atomic mass is 19.1. The Morgan fingerprint density at radius 3 is 2.83 bits per heavy atom. The van der Waals surface area contributed by atoms with Gasteiger partial charge in [-0.25, -0.2) is 4.98 Å². The van der Waals surface area contributed by atoms with Crippen LogP contribution in [-0.2, 0) is 11.8 Å². The highest BCUT2D eigenvalue weighted by molar-refractivity contribution is 6.02. The Balaban J connectivity index is 1.74. The summed E-state index contributed by atoms with van der Waals surface area (Å²) in [6.45, 7) is 2.45. The molecule has 2 aromatic heterocycles. The third-order valence-electron chi connectivity index (χ3n) is 3.99. The van der Waals surface area contributed by atoms with Crippen molar-refractivity contribution in [3.8, 4) is 0 Å². The molecule has 0 spiro atoms. The van der Waals surface area contributed by atoms with E-state index in [1.165, 1.54) is 6.07 Å². The normalized spacial score (nSPS) is 17.9. The van der Waals surface area contributed by atoms with Crippen LogP contribution in [0, 0.1) is 12.9 Å². The van der Waals surface area contributed by atoms with E-state index in [-0.39, 0.29) is 11.5 Å². The molecule has 3 heterocycles. The molecule has 0 saturated carbocycles. The first-order chi connectivity index (χ1) is 11.5. The minimum atomic E-state index is -0.655. The molecule has 7 nitrogen and oxygen atoms in total. The van der Waals surface area contributed by atoms with Gasteiger partial charge >= 0.3 is 0 Å². The summed E-state index contributed by atoms with van der Waals surface area (Å²) in [6, 6.07) is 3.67. The van der Waals surface area contributed by atoms with Crippen LogP contribution in [0.3, 0.4) is 0 Å². The Labute approximate surface area is 138 Å². The number of pyridine rings is 1. The topological polar surface area (TPSA) is 80.1 Å². The first kappa shape index (κ1) is 16.1. The molecule has 1 unspecified atom stereocenters. The number of nitrogens with zero attached hydrogens (tertiary/aromatic N) is 4. The van der Waals surface area contributed by atoms with E-state index in [0.29, 0.717) is 18.8 Å². The SMILES string of the molecule is Cc1cc(N2CCCC(NC(=O)c3ccc(F)nc3)C2=O)n(C)n1. The zero-order valence-corrected chi connectivity index (χ0v) is 13.5. The summed E-state index contributed by atoms with van der Waals surface area (Å²) < 4.78 is 14.5. The largest absolute Gasteiger partial charge is 0.340 e. The standard InChI is InChI=1S/C16H18FN5O2/c1-10-8-14(21(2)20-10)22-7-3-4-12(16(22)24)19-15(23)11-5-6-13(17)18-9-11/h5-6,8-9,12H,3-4,7H2,1-2H3,(H,19,23). The molecule has 1 N–H and O–H groups in total. The maximum Gasteiger partial charge on any atom is 0.253 e. The van der Waals surface area contributed by atoms with E-state index in [9.17, 15) is 14.0 Å². The number of nitrogens with one attached hydrogen (secondary N) is 1. The molecule has 24 heavy (non-hydrogen) atoms. The summed E-state index contributed by atoms with van der Waals surface area (Å²) in [5.41, 5.74) is 1.04. The number of carbonyl (C=O) groups is 2. The zero-order valence-electron chi connectivity index (χ0n) is 13.5. The van der Waals surface area contributed by atoms with Gasteiger partial charge in [-0.05, 0) is 31.9 Å². The predicted octanol–water partition coefficient (Wildman–Crippen LogP) is 1.19. The lowest BCUT2D eigenvalue weighted by molar-refractivity contribution is -0.121. The summed E-state index contributed by atoms with van der Waals surface area (Å²) in [6.07, 6.45) is 2.48. The van der Waals surface area contributed by atoms with Gasteiger partial charge in [0.05, 0.1) is 11.3 Å². The quantitative estimate of drug-likeness (QED) is 0.857. The molecule has 0 aliphatic carbocycles. The third-order valence-corrected chi connectivity index (χ3v) is 3.99. The van der Waals surface area contributed by atoms with Crippen LogP contribution in [-0.4, -0.2) is 39.2 Å². The second-order valence-electron chi connectivity index (χ2n) is 5.80. The van der Waals surface area contributed by atoms with Crippen molar-refractivity contribution in [1.82, 2.24) is 20.1 Å². The lowest BCUT2D eigenvalue weighted by Gasteiger charge is -2.32. The molecule has 126 valence electrons. The molecule has 1 atom stereocenters. The number of aryl methyl sites for hydroxylation is 2. The van der Waals surface area contributed by atoms with Gasteiger partial charge in [-0.1, -0.05) is 0 Å². The number of halogens is 1. The van der Waals surface area contributed by atoms with Crippen molar-refractivity contribution in [2.75, 3.05) is 11.4 Å². The number of aromatic nitrogens is 3. The van der Waals surface area contributed by atoms with Gasteiger partial charge < -0.3 is 5.32 Å². The van der Waals surface area contributed by atoms with Crippen LogP contribution >= 0.6 is 0 Å². The minimum Gasteiger partial charge on any atom is -0.340 e. The fraction of sp³-hybridized carbons (Fsp3) is 0.375. The van der Waals surface area contributed by atoms with Crippen molar-refractivity contribution in [3.63, 3.8) is 0 Å². The van der Waals surface area contributed by atoms with Crippen molar-refractivity contribution in [1.29, 1.82) is 0 Å². The van der Waals surface area contributed by atoms with E-state index in [4.69, 9.17) is 0 Å². The lowest BCUT2D eigenvalue weighted by Crippen LogP contribution is -2.52. The van der Waals surface area contributed by atoms with E-state index >= 15 is 0 Å². The molecule has 1 fully saturated rings. The van der Waals surface area contributed by atoms with Gasteiger partial charge in [-0.3, -0.25) is 19.2 Å². The number of anilines is 1. The van der Waals surface area contributed by atoms with Crippen LogP contribution in [0.2, 0.25) is 0 Å². The Morgan fingerprint density at radius 2 is 2.21 bits per heavy atom. The van der Waals surface area contributed by atoms with Gasteiger partial charge in [0.2, 0.25) is 5.95 Å². The minimum absolute atomic E-state index is 0.173. The molecule has 1 aliphatic rings. The van der Waals surface area contributed by atoms with E-state index in [0.717, 1.165) is 24.4 Å². The van der Waals surface area contributed by atoms with Crippen molar-refractivity contribution in [2.45, 2.75) is 25.8 Å². The van der Waals surface area contributed by atoms with Gasteiger partial charge in [0.25, 0.3) is 11.8 Å². The van der Waals surface area contributed by atoms with E-state index in [1.54, 1.807) is 16.6 Å². The van der Waals surface area contributed by atoms with Crippen molar-refractivity contribution in [3.05, 3.63) is 41.6 Å². The average molecular weight is 331 g/mol. The van der Waals surface area contributed by atoms with Crippen molar-refractivity contribution < 1.29 is 14.0 Å². The summed E-state index contributed by atoms with van der Waals surface area (Å²) in [7, 11) is 1.78. The molecule has 1 saturated heterocycles. The first-order valence-electron chi connectivity index (χ1n) is 7.70. The summed E-state index contributed by atoms with van der Waals surface area (Å²) in [5, 5.41) is 6.96. The predicted molar refractivity (Wildman–Crippen MR) is 85.0 cm³/mol.